The van der Waals surface area contributed by atoms with Crippen LogP contribution in [0.3, 0.4) is 0 Å². The van der Waals surface area contributed by atoms with Crippen molar-refractivity contribution in [1.82, 2.24) is 4.98 Å². The zero-order valence-corrected chi connectivity index (χ0v) is 11.8. The second kappa shape index (κ2) is 5.69. The van der Waals surface area contributed by atoms with Crippen molar-refractivity contribution in [3.8, 4) is 0 Å². The molecule has 100 valence electrons. The third kappa shape index (κ3) is 2.83. The van der Waals surface area contributed by atoms with Crippen molar-refractivity contribution < 1.29 is 9.53 Å². The van der Waals surface area contributed by atoms with E-state index < -0.39 is 0 Å². The van der Waals surface area contributed by atoms with E-state index in [1.807, 2.05) is 0 Å². The van der Waals surface area contributed by atoms with Crippen molar-refractivity contribution in [3.05, 3.63) is 11.1 Å². The second-order valence-electron chi connectivity index (χ2n) is 4.94. The maximum atomic E-state index is 11.3. The second-order valence-corrected chi connectivity index (χ2v) is 5.97. The fourth-order valence-electron chi connectivity index (χ4n) is 2.59. The summed E-state index contributed by atoms with van der Waals surface area (Å²) in [7, 11) is 1.39. The molecule has 0 spiro atoms. The Morgan fingerprint density at radius 1 is 1.56 bits per heavy atom. The molecule has 0 unspecified atom stereocenters. The van der Waals surface area contributed by atoms with Gasteiger partial charge in [-0.05, 0) is 24.7 Å². The van der Waals surface area contributed by atoms with E-state index in [0.29, 0.717) is 10.3 Å². The van der Waals surface area contributed by atoms with Gasteiger partial charge in [0.1, 0.15) is 4.88 Å². The highest BCUT2D eigenvalue weighted by Crippen LogP contribution is 2.41. The molecular formula is C13H20N2O2S. The van der Waals surface area contributed by atoms with Crippen LogP contribution < -0.4 is 5.32 Å². The highest BCUT2D eigenvalue weighted by Gasteiger charge is 2.31. The first kappa shape index (κ1) is 13.3. The summed E-state index contributed by atoms with van der Waals surface area (Å²) in [5.41, 5.74) is 0.428. The van der Waals surface area contributed by atoms with Crippen LogP contribution in [0.2, 0.25) is 0 Å². The number of methoxy groups -OCH3 is 1. The molecule has 1 heterocycles. The molecule has 0 amide bonds. The molecule has 1 saturated carbocycles. The lowest BCUT2D eigenvalue weighted by molar-refractivity contribution is 0.0606. The Labute approximate surface area is 112 Å². The summed E-state index contributed by atoms with van der Waals surface area (Å²) < 4.78 is 4.67. The Hall–Kier alpha value is -1.10. The number of hydrogen-bond donors (Lipinski definition) is 1. The number of nitrogens with one attached hydrogen (secondary N) is 1. The van der Waals surface area contributed by atoms with Gasteiger partial charge >= 0.3 is 5.97 Å². The van der Waals surface area contributed by atoms with E-state index in [-0.39, 0.29) is 5.97 Å². The largest absolute Gasteiger partial charge is 0.465 e. The number of rotatable bonds is 5. The molecule has 2 rings (SSSR count). The van der Waals surface area contributed by atoms with Crippen LogP contribution in [0, 0.1) is 5.41 Å². The standard InChI is InChI=1S/C13H20N2O2S/c1-3-13(6-4-5-7-13)9-15-12-14-8-10(18-12)11(16)17-2/h8H,3-7,9H2,1-2H3,(H,14,15). The molecule has 1 aromatic heterocycles. The van der Waals surface area contributed by atoms with Gasteiger partial charge in [-0.1, -0.05) is 31.1 Å². The fraction of sp³-hybridized carbons (Fsp3) is 0.692. The highest BCUT2D eigenvalue weighted by molar-refractivity contribution is 7.17. The van der Waals surface area contributed by atoms with Crippen LogP contribution >= 0.6 is 11.3 Å². The maximum absolute atomic E-state index is 11.3. The molecule has 5 heteroatoms. The van der Waals surface area contributed by atoms with Gasteiger partial charge in [0.2, 0.25) is 0 Å². The van der Waals surface area contributed by atoms with Gasteiger partial charge in [0, 0.05) is 6.54 Å². The predicted octanol–water partition coefficient (Wildman–Crippen LogP) is 3.31. The Morgan fingerprint density at radius 2 is 2.28 bits per heavy atom. The molecule has 1 fully saturated rings. The lowest BCUT2D eigenvalue weighted by Crippen LogP contribution is -2.25. The topological polar surface area (TPSA) is 51.2 Å². The summed E-state index contributed by atoms with van der Waals surface area (Å²) in [5.74, 6) is -0.313. The predicted molar refractivity (Wildman–Crippen MR) is 73.1 cm³/mol. The van der Waals surface area contributed by atoms with Gasteiger partial charge in [-0.25, -0.2) is 9.78 Å². The van der Waals surface area contributed by atoms with Crippen LogP contribution in [0.25, 0.3) is 0 Å². The first-order chi connectivity index (χ1) is 8.69. The van der Waals surface area contributed by atoms with Crippen molar-refractivity contribution >= 4 is 22.4 Å². The number of thiazole rings is 1. The normalized spacial score (nSPS) is 17.7. The van der Waals surface area contributed by atoms with Crippen LogP contribution in [0.4, 0.5) is 5.13 Å². The van der Waals surface area contributed by atoms with Crippen molar-refractivity contribution in [2.45, 2.75) is 39.0 Å². The summed E-state index contributed by atoms with van der Waals surface area (Å²) >= 11 is 1.36. The van der Waals surface area contributed by atoms with Crippen LogP contribution in [0.5, 0.6) is 0 Å². The zero-order valence-electron chi connectivity index (χ0n) is 11.0. The minimum Gasteiger partial charge on any atom is -0.465 e. The molecule has 18 heavy (non-hydrogen) atoms. The minimum absolute atomic E-state index is 0.313. The Balaban J connectivity index is 1.93. The maximum Gasteiger partial charge on any atom is 0.349 e. The Kier molecular flexibility index (Phi) is 4.22. The van der Waals surface area contributed by atoms with E-state index in [9.17, 15) is 4.79 Å². The van der Waals surface area contributed by atoms with Crippen LogP contribution in [-0.4, -0.2) is 24.6 Å². The number of anilines is 1. The molecule has 1 N–H and O–H groups in total. The number of hydrogen-bond acceptors (Lipinski definition) is 5. The molecule has 1 aromatic rings. The number of nitrogens with zero attached hydrogens (tertiary/aromatic N) is 1. The number of esters is 1. The van der Waals surface area contributed by atoms with Crippen molar-refractivity contribution in [2.24, 2.45) is 5.41 Å². The summed E-state index contributed by atoms with van der Waals surface area (Å²) in [6.45, 7) is 3.21. The number of ether oxygens (including phenoxy) is 1. The summed E-state index contributed by atoms with van der Waals surface area (Å²) in [5, 5.41) is 4.19. The highest BCUT2D eigenvalue weighted by atomic mass is 32.1. The molecule has 0 bridgehead atoms. The van der Waals surface area contributed by atoms with Crippen LogP contribution in [0.15, 0.2) is 6.20 Å². The van der Waals surface area contributed by atoms with Gasteiger partial charge in [0.05, 0.1) is 13.3 Å². The molecule has 0 saturated heterocycles. The van der Waals surface area contributed by atoms with E-state index in [1.165, 1.54) is 50.6 Å². The Bertz CT molecular complexity index is 411. The smallest absolute Gasteiger partial charge is 0.349 e. The van der Waals surface area contributed by atoms with Crippen molar-refractivity contribution in [1.29, 1.82) is 0 Å². The van der Waals surface area contributed by atoms with E-state index in [2.05, 4.69) is 22.0 Å². The molecule has 0 radical (unpaired) electrons. The van der Waals surface area contributed by atoms with Gasteiger partial charge in [-0.15, -0.1) is 0 Å². The monoisotopic (exact) mass is 268 g/mol. The number of carbonyl (C=O) groups excluding carboxylic acids is 1. The first-order valence-corrected chi connectivity index (χ1v) is 7.29. The zero-order chi connectivity index (χ0) is 13.0. The molecule has 1 aliphatic rings. The van der Waals surface area contributed by atoms with E-state index in [0.717, 1.165) is 11.7 Å². The van der Waals surface area contributed by atoms with Crippen LogP contribution in [0.1, 0.15) is 48.7 Å². The van der Waals surface area contributed by atoms with E-state index in [4.69, 9.17) is 0 Å². The van der Waals surface area contributed by atoms with Gasteiger partial charge in [-0.2, -0.15) is 0 Å². The van der Waals surface area contributed by atoms with E-state index >= 15 is 0 Å². The third-order valence-electron chi connectivity index (χ3n) is 3.92. The van der Waals surface area contributed by atoms with Gasteiger partial charge in [0.15, 0.2) is 5.13 Å². The molecular weight excluding hydrogens is 248 g/mol. The number of aromatic nitrogens is 1. The number of carbonyl (C=O) groups is 1. The summed E-state index contributed by atoms with van der Waals surface area (Å²) in [6.07, 6.45) is 8.04. The lowest BCUT2D eigenvalue weighted by Gasteiger charge is -2.27. The fourth-order valence-corrected chi connectivity index (χ4v) is 3.32. The molecule has 0 atom stereocenters. The molecule has 4 nitrogen and oxygen atoms in total. The molecule has 0 aliphatic heterocycles. The van der Waals surface area contributed by atoms with Crippen molar-refractivity contribution in [2.75, 3.05) is 19.0 Å². The lowest BCUT2D eigenvalue weighted by atomic mass is 9.83. The molecule has 1 aliphatic carbocycles. The average Bonchev–Trinajstić information content (AvgIpc) is 3.05. The Morgan fingerprint density at radius 3 is 2.89 bits per heavy atom. The quantitative estimate of drug-likeness (QED) is 0.832. The summed E-state index contributed by atoms with van der Waals surface area (Å²) in [6, 6.07) is 0. The van der Waals surface area contributed by atoms with Crippen molar-refractivity contribution in [3.63, 3.8) is 0 Å². The van der Waals surface area contributed by atoms with Crippen LogP contribution in [-0.2, 0) is 4.74 Å². The van der Waals surface area contributed by atoms with Gasteiger partial charge in [0.25, 0.3) is 0 Å². The van der Waals surface area contributed by atoms with E-state index in [1.54, 1.807) is 6.20 Å². The van der Waals surface area contributed by atoms with Gasteiger partial charge < -0.3 is 10.1 Å². The minimum atomic E-state index is -0.313. The first-order valence-electron chi connectivity index (χ1n) is 6.47. The van der Waals surface area contributed by atoms with Gasteiger partial charge in [-0.3, -0.25) is 0 Å². The SMILES string of the molecule is CCC1(CNc2ncc(C(=O)OC)s2)CCCC1. The molecule has 0 aromatic carbocycles. The average molecular weight is 268 g/mol. The third-order valence-corrected chi connectivity index (χ3v) is 4.86. The summed E-state index contributed by atoms with van der Waals surface area (Å²) in [4.78, 5) is 16.1.